The molecule has 0 bridgehead atoms. The first kappa shape index (κ1) is 17.2. The maximum atomic E-state index is 11.1. The van der Waals surface area contributed by atoms with Gasteiger partial charge < -0.3 is 20.1 Å². The van der Waals surface area contributed by atoms with Gasteiger partial charge in [-0.1, -0.05) is 6.07 Å². The van der Waals surface area contributed by atoms with E-state index in [0.717, 1.165) is 12.8 Å². The molecule has 1 aromatic carbocycles. The van der Waals surface area contributed by atoms with E-state index in [1.54, 1.807) is 32.4 Å². The number of hydrogen-bond acceptors (Lipinski definition) is 6. The van der Waals surface area contributed by atoms with Gasteiger partial charge in [-0.15, -0.1) is 0 Å². The third kappa shape index (κ3) is 5.97. The smallest absolute Gasteiger partial charge is 0.315 e. The van der Waals surface area contributed by atoms with Gasteiger partial charge in [-0.3, -0.25) is 10.1 Å². The van der Waals surface area contributed by atoms with E-state index < -0.39 is 0 Å². The van der Waals surface area contributed by atoms with Gasteiger partial charge in [0.1, 0.15) is 11.4 Å². The number of nitro groups is 1. The van der Waals surface area contributed by atoms with Gasteiger partial charge in [0, 0.05) is 27.3 Å². The zero-order chi connectivity index (χ0) is 15.5. The number of anilines is 2. The molecule has 1 aromatic rings. The molecule has 1 rings (SSSR count). The summed E-state index contributed by atoms with van der Waals surface area (Å²) >= 11 is 0. The number of nitrogens with one attached hydrogen (secondary N) is 2. The fourth-order valence-corrected chi connectivity index (χ4v) is 1.88. The molecule has 0 saturated heterocycles. The van der Waals surface area contributed by atoms with Crippen molar-refractivity contribution in [2.24, 2.45) is 0 Å². The molecule has 2 N–H and O–H groups in total. The van der Waals surface area contributed by atoms with Crippen LogP contribution in [0.15, 0.2) is 18.2 Å². The molecule has 0 aliphatic carbocycles. The fraction of sp³-hybridized carbons (Fsp3) is 0.571. The Labute approximate surface area is 124 Å². The third-order valence-corrected chi connectivity index (χ3v) is 2.95. The van der Waals surface area contributed by atoms with Crippen molar-refractivity contribution in [1.29, 1.82) is 0 Å². The van der Waals surface area contributed by atoms with Crippen LogP contribution in [-0.4, -0.2) is 45.4 Å². The minimum atomic E-state index is -0.373. The van der Waals surface area contributed by atoms with Crippen molar-refractivity contribution in [1.82, 2.24) is 0 Å². The minimum absolute atomic E-state index is 0.0799. The van der Waals surface area contributed by atoms with Crippen molar-refractivity contribution >= 4 is 17.1 Å². The second-order valence-corrected chi connectivity index (χ2v) is 4.45. The summed E-state index contributed by atoms with van der Waals surface area (Å²) in [6.07, 6.45) is 1.78. The van der Waals surface area contributed by atoms with Crippen molar-refractivity contribution in [3.63, 3.8) is 0 Å². The highest BCUT2D eigenvalue weighted by molar-refractivity contribution is 5.75. The normalized spacial score (nSPS) is 10.4. The Morgan fingerprint density at radius 2 is 1.95 bits per heavy atom. The summed E-state index contributed by atoms with van der Waals surface area (Å²) in [5, 5.41) is 17.1. The molecule has 0 aromatic heterocycles. The molecule has 0 heterocycles. The molecule has 0 aliphatic rings. The topological polar surface area (TPSA) is 85.7 Å². The highest BCUT2D eigenvalue weighted by Gasteiger charge is 2.18. The molecule has 0 unspecified atom stereocenters. The number of nitro benzene ring substituents is 1. The lowest BCUT2D eigenvalue weighted by molar-refractivity contribution is -0.383. The molecule has 0 radical (unpaired) electrons. The van der Waals surface area contributed by atoms with Crippen molar-refractivity contribution in [2.45, 2.75) is 12.8 Å². The van der Waals surface area contributed by atoms with Crippen LogP contribution < -0.4 is 10.6 Å². The summed E-state index contributed by atoms with van der Waals surface area (Å²) in [7, 11) is 3.31. The number of methoxy groups -OCH3 is 1. The van der Waals surface area contributed by atoms with Crippen molar-refractivity contribution in [2.75, 3.05) is 51.2 Å². The molecular weight excluding hydrogens is 274 g/mol. The highest BCUT2D eigenvalue weighted by Crippen LogP contribution is 2.32. The average Bonchev–Trinajstić information content (AvgIpc) is 2.49. The molecule has 0 spiro atoms. The lowest BCUT2D eigenvalue weighted by Gasteiger charge is -2.10. The van der Waals surface area contributed by atoms with Crippen molar-refractivity contribution < 1.29 is 14.4 Å². The Kier molecular flexibility index (Phi) is 8.15. The van der Waals surface area contributed by atoms with E-state index in [4.69, 9.17) is 9.47 Å². The first-order valence-electron chi connectivity index (χ1n) is 6.96. The Bertz CT molecular complexity index is 440. The molecule has 0 amide bonds. The molecular formula is C14H23N3O4. The zero-order valence-corrected chi connectivity index (χ0v) is 12.6. The second-order valence-electron chi connectivity index (χ2n) is 4.45. The number of hydrogen-bond donors (Lipinski definition) is 2. The molecule has 7 nitrogen and oxygen atoms in total. The van der Waals surface area contributed by atoms with Gasteiger partial charge in [0.25, 0.3) is 0 Å². The Hall–Kier alpha value is -1.86. The highest BCUT2D eigenvalue weighted by atomic mass is 16.6. The third-order valence-electron chi connectivity index (χ3n) is 2.95. The van der Waals surface area contributed by atoms with E-state index in [2.05, 4.69) is 10.6 Å². The van der Waals surface area contributed by atoms with Crippen molar-refractivity contribution in [3.05, 3.63) is 28.3 Å². The number of nitrogens with zero attached hydrogens (tertiary/aromatic N) is 1. The predicted molar refractivity (Wildman–Crippen MR) is 83.1 cm³/mol. The predicted octanol–water partition coefficient (Wildman–Crippen LogP) is 2.49. The first-order chi connectivity index (χ1) is 10.2. The number of ether oxygens (including phenoxy) is 2. The van der Waals surface area contributed by atoms with Gasteiger partial charge in [-0.05, 0) is 25.0 Å². The monoisotopic (exact) mass is 297 g/mol. The summed E-state index contributed by atoms with van der Waals surface area (Å²) < 4.78 is 10.2. The first-order valence-corrected chi connectivity index (χ1v) is 6.96. The molecule has 0 atom stereocenters. The SMILES string of the molecule is CNc1cccc(NCCCCOCCOC)c1[N+](=O)[O-]. The van der Waals surface area contributed by atoms with Crippen LogP contribution >= 0.6 is 0 Å². The van der Waals surface area contributed by atoms with E-state index in [0.29, 0.717) is 37.7 Å². The van der Waals surface area contributed by atoms with E-state index >= 15 is 0 Å². The average molecular weight is 297 g/mol. The Morgan fingerprint density at radius 3 is 2.62 bits per heavy atom. The van der Waals surface area contributed by atoms with E-state index in [1.807, 2.05) is 0 Å². The lowest BCUT2D eigenvalue weighted by Crippen LogP contribution is -2.08. The lowest BCUT2D eigenvalue weighted by atomic mass is 10.2. The number of rotatable bonds is 11. The van der Waals surface area contributed by atoms with Crippen LogP contribution in [0.4, 0.5) is 17.1 Å². The van der Waals surface area contributed by atoms with Gasteiger partial charge in [0.05, 0.1) is 18.1 Å². The summed E-state index contributed by atoms with van der Waals surface area (Å²) in [4.78, 5) is 10.8. The zero-order valence-electron chi connectivity index (χ0n) is 12.6. The van der Waals surface area contributed by atoms with Crippen LogP contribution in [0.1, 0.15) is 12.8 Å². The van der Waals surface area contributed by atoms with Crippen LogP contribution in [0, 0.1) is 10.1 Å². The Morgan fingerprint density at radius 1 is 1.19 bits per heavy atom. The standard InChI is InChI=1S/C14H23N3O4/c1-15-12-6-5-7-13(14(12)17(18)19)16-8-3-4-9-21-11-10-20-2/h5-7,15-16H,3-4,8-11H2,1-2H3. The summed E-state index contributed by atoms with van der Waals surface area (Å²) in [6.45, 7) is 2.53. The quantitative estimate of drug-likeness (QED) is 0.371. The van der Waals surface area contributed by atoms with Gasteiger partial charge in [0.2, 0.25) is 0 Å². The number of benzene rings is 1. The minimum Gasteiger partial charge on any atom is -0.382 e. The molecule has 118 valence electrons. The molecule has 7 heteroatoms. The van der Waals surface area contributed by atoms with Gasteiger partial charge in [-0.2, -0.15) is 0 Å². The van der Waals surface area contributed by atoms with E-state index in [9.17, 15) is 10.1 Å². The number of para-hydroxylation sites is 1. The fourth-order valence-electron chi connectivity index (χ4n) is 1.88. The molecule has 0 saturated carbocycles. The largest absolute Gasteiger partial charge is 0.382 e. The van der Waals surface area contributed by atoms with Crippen LogP contribution in [-0.2, 0) is 9.47 Å². The van der Waals surface area contributed by atoms with Gasteiger partial charge >= 0.3 is 5.69 Å². The second kappa shape index (κ2) is 9.95. The van der Waals surface area contributed by atoms with E-state index in [-0.39, 0.29) is 10.6 Å². The summed E-state index contributed by atoms with van der Waals surface area (Å²) in [5.74, 6) is 0. The van der Waals surface area contributed by atoms with Crippen LogP contribution in [0.3, 0.4) is 0 Å². The van der Waals surface area contributed by atoms with Crippen LogP contribution in [0.5, 0.6) is 0 Å². The molecule has 0 aliphatic heterocycles. The van der Waals surface area contributed by atoms with E-state index in [1.165, 1.54) is 0 Å². The number of unbranched alkanes of at least 4 members (excludes halogenated alkanes) is 1. The Balaban J connectivity index is 2.37. The van der Waals surface area contributed by atoms with Crippen LogP contribution in [0.2, 0.25) is 0 Å². The van der Waals surface area contributed by atoms with Gasteiger partial charge in [-0.25, -0.2) is 0 Å². The van der Waals surface area contributed by atoms with Gasteiger partial charge in [0.15, 0.2) is 0 Å². The summed E-state index contributed by atoms with van der Waals surface area (Å²) in [5.41, 5.74) is 1.12. The molecule has 0 fully saturated rings. The van der Waals surface area contributed by atoms with Crippen LogP contribution in [0.25, 0.3) is 0 Å². The maximum Gasteiger partial charge on any atom is 0.315 e. The summed E-state index contributed by atoms with van der Waals surface area (Å²) in [6, 6.07) is 5.19. The molecule has 21 heavy (non-hydrogen) atoms. The maximum absolute atomic E-state index is 11.1. The van der Waals surface area contributed by atoms with Crippen molar-refractivity contribution in [3.8, 4) is 0 Å².